The second-order valence-corrected chi connectivity index (χ2v) is 10.4. The Morgan fingerprint density at radius 3 is 2.12 bits per heavy atom. The largest absolute Gasteiger partial charge is 0.496 e. The Balaban J connectivity index is 0.000000230. The summed E-state index contributed by atoms with van der Waals surface area (Å²) in [5, 5.41) is 1.32. The van der Waals surface area contributed by atoms with Gasteiger partial charge in [-0.15, -0.1) is 0 Å². The Kier molecular flexibility index (Phi) is 13.1. The van der Waals surface area contributed by atoms with Crippen molar-refractivity contribution < 1.29 is 14.2 Å². The van der Waals surface area contributed by atoms with Gasteiger partial charge < -0.3 is 19.1 Å². The summed E-state index contributed by atoms with van der Waals surface area (Å²) in [6.07, 6.45) is 1.32. The van der Waals surface area contributed by atoms with Gasteiger partial charge in [0, 0.05) is 48.1 Å². The molecule has 2 aromatic rings. The van der Waals surface area contributed by atoms with E-state index in [1.165, 1.54) is 41.0 Å². The van der Waals surface area contributed by atoms with Crippen LogP contribution in [0.3, 0.4) is 0 Å². The number of hydrogen-bond acceptors (Lipinski definition) is 6. The van der Waals surface area contributed by atoms with E-state index in [2.05, 4.69) is 66.1 Å². The molecule has 0 saturated carbocycles. The number of benzene rings is 2. The number of methoxy groups -OCH3 is 2. The maximum atomic E-state index is 5.48. The first kappa shape index (κ1) is 28.8. The van der Waals surface area contributed by atoms with Crippen molar-refractivity contribution in [2.45, 2.75) is 44.9 Å². The highest BCUT2D eigenvalue weighted by Crippen LogP contribution is 2.32. The third kappa shape index (κ3) is 8.34. The van der Waals surface area contributed by atoms with Gasteiger partial charge in [0.1, 0.15) is 11.5 Å². The normalized spacial score (nSPS) is 15.8. The molecule has 0 N–H and O–H groups in total. The fourth-order valence-corrected chi connectivity index (χ4v) is 5.26. The molecule has 2 aromatic carbocycles. The standard InChI is InChI=1S/C14H21NO2S.C11H16NOP.C2H6/c1-11(2)13-5-4-12(10-14(13)16-3)18-15-6-8-17-9-7-15;1-13-10-8-9(12-6-3-7-12)4-5-11(10)14-2;1-2/h4-5,10-11H,6-9H2,1-3H3;4-5,8,14H,3,6-7H2,1-2H3;1-2H3. The zero-order valence-corrected chi connectivity index (χ0v) is 23.8. The minimum Gasteiger partial charge on any atom is -0.496 e. The molecule has 0 bridgehead atoms. The number of nitrogens with zero attached hydrogens (tertiary/aromatic N) is 2. The Bertz CT molecular complexity index is 856. The lowest BCUT2D eigenvalue weighted by Crippen LogP contribution is -2.37. The van der Waals surface area contributed by atoms with Gasteiger partial charge in [-0.25, -0.2) is 4.31 Å². The third-order valence-electron chi connectivity index (χ3n) is 5.71. The monoisotopic (exact) mass is 506 g/mol. The topological polar surface area (TPSA) is 34.2 Å². The second-order valence-electron chi connectivity index (χ2n) is 8.17. The maximum Gasteiger partial charge on any atom is 0.128 e. The average molecular weight is 507 g/mol. The summed E-state index contributed by atoms with van der Waals surface area (Å²) in [7, 11) is 4.29. The summed E-state index contributed by atoms with van der Waals surface area (Å²) in [6, 6.07) is 13.0. The van der Waals surface area contributed by atoms with Crippen molar-refractivity contribution in [1.29, 1.82) is 0 Å². The van der Waals surface area contributed by atoms with Crippen LogP contribution in [0.5, 0.6) is 11.5 Å². The highest BCUT2D eigenvalue weighted by molar-refractivity contribution is 7.97. The average Bonchev–Trinajstić information content (AvgIpc) is 2.85. The van der Waals surface area contributed by atoms with E-state index in [9.17, 15) is 0 Å². The molecule has 34 heavy (non-hydrogen) atoms. The molecule has 190 valence electrons. The fourth-order valence-electron chi connectivity index (χ4n) is 3.67. The molecule has 2 aliphatic rings. The summed E-state index contributed by atoms with van der Waals surface area (Å²) in [4.78, 5) is 3.61. The van der Waals surface area contributed by atoms with Crippen molar-refractivity contribution in [2.75, 3.05) is 65.2 Å². The molecule has 2 fully saturated rings. The zero-order valence-electron chi connectivity index (χ0n) is 22.0. The van der Waals surface area contributed by atoms with E-state index in [0.29, 0.717) is 5.92 Å². The summed E-state index contributed by atoms with van der Waals surface area (Å²) in [5.41, 5.74) is 2.57. The van der Waals surface area contributed by atoms with Crippen LogP contribution in [-0.4, -0.2) is 64.6 Å². The highest BCUT2D eigenvalue weighted by Gasteiger charge is 2.16. The molecule has 1 unspecified atom stereocenters. The minimum atomic E-state index is 0.488. The van der Waals surface area contributed by atoms with E-state index in [-0.39, 0.29) is 0 Å². The first-order valence-electron chi connectivity index (χ1n) is 12.3. The Labute approximate surface area is 213 Å². The molecule has 1 atom stereocenters. The van der Waals surface area contributed by atoms with Gasteiger partial charge in [-0.3, -0.25) is 0 Å². The molecule has 2 aliphatic heterocycles. The molecule has 0 aromatic heterocycles. The van der Waals surface area contributed by atoms with Gasteiger partial charge >= 0.3 is 0 Å². The van der Waals surface area contributed by atoms with Crippen molar-refractivity contribution in [1.82, 2.24) is 4.31 Å². The predicted octanol–water partition coefficient (Wildman–Crippen LogP) is 6.02. The Morgan fingerprint density at radius 2 is 1.59 bits per heavy atom. The lowest BCUT2D eigenvalue weighted by Gasteiger charge is -2.33. The van der Waals surface area contributed by atoms with Crippen molar-refractivity contribution in [3.63, 3.8) is 0 Å². The fraction of sp³-hybridized carbons (Fsp3) is 0.556. The van der Waals surface area contributed by atoms with Gasteiger partial charge in [-0.2, -0.15) is 0 Å². The summed E-state index contributed by atoms with van der Waals surface area (Å²) in [6.45, 7) is 16.6. The van der Waals surface area contributed by atoms with Crippen LogP contribution in [0.15, 0.2) is 41.3 Å². The van der Waals surface area contributed by atoms with Crippen LogP contribution in [0.1, 0.15) is 45.6 Å². The van der Waals surface area contributed by atoms with Crippen LogP contribution in [0, 0.1) is 0 Å². The van der Waals surface area contributed by atoms with Crippen molar-refractivity contribution in [3.05, 3.63) is 42.0 Å². The quantitative estimate of drug-likeness (QED) is 0.337. The van der Waals surface area contributed by atoms with E-state index in [1.807, 2.05) is 13.8 Å². The van der Waals surface area contributed by atoms with Crippen LogP contribution in [-0.2, 0) is 4.74 Å². The molecular formula is C27H43N2O3PS. The van der Waals surface area contributed by atoms with E-state index in [1.54, 1.807) is 26.2 Å². The van der Waals surface area contributed by atoms with Crippen molar-refractivity contribution in [3.8, 4) is 11.5 Å². The molecule has 0 radical (unpaired) electrons. The Hall–Kier alpha value is -1.46. The van der Waals surface area contributed by atoms with Crippen LogP contribution in [0.25, 0.3) is 0 Å². The molecular weight excluding hydrogens is 463 g/mol. The lowest BCUT2D eigenvalue weighted by molar-refractivity contribution is 0.0773. The van der Waals surface area contributed by atoms with Crippen molar-refractivity contribution in [2.24, 2.45) is 0 Å². The first-order valence-corrected chi connectivity index (χ1v) is 14.6. The zero-order chi connectivity index (χ0) is 24.9. The number of anilines is 1. The molecule has 4 rings (SSSR count). The summed E-state index contributed by atoms with van der Waals surface area (Å²) >= 11 is 1.79. The van der Waals surface area contributed by atoms with Crippen LogP contribution >= 0.6 is 20.5 Å². The van der Waals surface area contributed by atoms with Gasteiger partial charge in [0.05, 0.1) is 27.4 Å². The smallest absolute Gasteiger partial charge is 0.128 e. The number of hydrogen-bond donors (Lipinski definition) is 0. The minimum absolute atomic E-state index is 0.488. The predicted molar refractivity (Wildman–Crippen MR) is 150 cm³/mol. The summed E-state index contributed by atoms with van der Waals surface area (Å²) < 4.78 is 18.5. The number of morpholine rings is 1. The van der Waals surface area contributed by atoms with Gasteiger partial charge in [0.2, 0.25) is 0 Å². The van der Waals surface area contributed by atoms with Gasteiger partial charge in [-0.05, 0) is 60.8 Å². The van der Waals surface area contributed by atoms with Crippen LogP contribution in [0.4, 0.5) is 5.69 Å². The molecule has 0 spiro atoms. The molecule has 5 nitrogen and oxygen atoms in total. The lowest BCUT2D eigenvalue weighted by atomic mass is 10.0. The molecule has 2 heterocycles. The van der Waals surface area contributed by atoms with E-state index in [4.69, 9.17) is 14.2 Å². The molecule has 0 amide bonds. The number of rotatable bonds is 7. The first-order chi connectivity index (χ1) is 16.5. The number of ether oxygens (including phenoxy) is 3. The second kappa shape index (κ2) is 15.5. The third-order valence-corrected chi connectivity index (χ3v) is 7.75. The highest BCUT2D eigenvalue weighted by atomic mass is 32.2. The van der Waals surface area contributed by atoms with Gasteiger partial charge in [0.15, 0.2) is 0 Å². The van der Waals surface area contributed by atoms with E-state index >= 15 is 0 Å². The summed E-state index contributed by atoms with van der Waals surface area (Å²) in [5.74, 6) is 2.51. The van der Waals surface area contributed by atoms with Crippen molar-refractivity contribution >= 4 is 31.5 Å². The van der Waals surface area contributed by atoms with Gasteiger partial charge in [-0.1, -0.05) is 42.3 Å². The van der Waals surface area contributed by atoms with E-state index < -0.39 is 0 Å². The molecule has 2 saturated heterocycles. The van der Waals surface area contributed by atoms with Gasteiger partial charge in [0.25, 0.3) is 0 Å². The maximum absolute atomic E-state index is 5.48. The molecule has 0 aliphatic carbocycles. The SMILES string of the molecule is CC.COc1cc(N2CCC2)ccc1PC.COc1cc(SN2CCOCC2)ccc1C(C)C. The molecule has 7 heteroatoms. The Morgan fingerprint density at radius 1 is 0.912 bits per heavy atom. The van der Waals surface area contributed by atoms with Crippen LogP contribution in [0.2, 0.25) is 0 Å². The van der Waals surface area contributed by atoms with Crippen LogP contribution < -0.4 is 19.7 Å². The van der Waals surface area contributed by atoms with E-state index in [0.717, 1.165) is 46.4 Å².